The van der Waals surface area contributed by atoms with Crippen molar-refractivity contribution < 1.29 is 0 Å². The summed E-state index contributed by atoms with van der Waals surface area (Å²) in [5.74, 6) is 0. The van der Waals surface area contributed by atoms with E-state index in [-0.39, 0.29) is 6.29 Å². The van der Waals surface area contributed by atoms with Gasteiger partial charge in [-0.25, -0.2) is 4.99 Å². The van der Waals surface area contributed by atoms with Crippen LogP contribution in [0.25, 0.3) is 82.3 Å². The SMILES string of the molecule is c1ccc(C2=NC(n3c4cc5c(cc4c4c6ccccc6ccc43)-c3cccc4c6ccccc6n(c34)-c3ccccc3-5)Nc3ccccc32)cc1. The summed E-state index contributed by atoms with van der Waals surface area (Å²) in [4.78, 5) is 5.55. The van der Waals surface area contributed by atoms with Gasteiger partial charge in [0.25, 0.3) is 0 Å². The first-order valence-electron chi connectivity index (χ1n) is 17.9. The second-order valence-corrected chi connectivity index (χ2v) is 13.9. The lowest BCUT2D eigenvalue weighted by Crippen LogP contribution is -2.24. The molecule has 1 unspecified atom stereocenters. The summed E-state index contributed by atoms with van der Waals surface area (Å²) in [6, 6.07) is 61.8. The maximum Gasteiger partial charge on any atom is 0.201 e. The lowest BCUT2D eigenvalue weighted by molar-refractivity contribution is 0.625. The first kappa shape index (κ1) is 27.9. The van der Waals surface area contributed by atoms with Gasteiger partial charge in [0.1, 0.15) is 0 Å². The number of hydrogen-bond donors (Lipinski definition) is 1. The molecule has 2 aliphatic rings. The predicted molar refractivity (Wildman–Crippen MR) is 217 cm³/mol. The van der Waals surface area contributed by atoms with E-state index in [1.807, 2.05) is 0 Å². The average molecular weight is 663 g/mol. The molecular weight excluding hydrogens is 633 g/mol. The highest BCUT2D eigenvalue weighted by Crippen LogP contribution is 2.50. The third-order valence-corrected chi connectivity index (χ3v) is 11.3. The zero-order chi connectivity index (χ0) is 33.9. The smallest absolute Gasteiger partial charge is 0.201 e. The number of fused-ring (bicyclic) bond motifs is 14. The molecular formula is C48H30N4. The normalized spacial score (nSPS) is 14.6. The number of aliphatic imine (C=N–C) groups is 1. The first-order chi connectivity index (χ1) is 25.8. The van der Waals surface area contributed by atoms with E-state index in [2.05, 4.69) is 184 Å². The van der Waals surface area contributed by atoms with Crippen LogP contribution in [-0.2, 0) is 0 Å². The highest BCUT2D eigenvalue weighted by molar-refractivity contribution is 6.24. The minimum absolute atomic E-state index is 0.369. The summed E-state index contributed by atoms with van der Waals surface area (Å²) in [6.07, 6.45) is -0.369. The highest BCUT2D eigenvalue weighted by Gasteiger charge is 2.29. The number of rotatable bonds is 2. The molecule has 2 aliphatic heterocycles. The van der Waals surface area contributed by atoms with Gasteiger partial charge in [-0.1, -0.05) is 133 Å². The van der Waals surface area contributed by atoms with Crippen LogP contribution < -0.4 is 5.32 Å². The molecule has 52 heavy (non-hydrogen) atoms. The van der Waals surface area contributed by atoms with Crippen LogP contribution in [0.3, 0.4) is 0 Å². The molecule has 8 aromatic carbocycles. The number of nitrogens with one attached hydrogen (secondary N) is 1. The van der Waals surface area contributed by atoms with Crippen LogP contribution >= 0.6 is 0 Å². The number of benzene rings is 8. The fourth-order valence-electron chi connectivity index (χ4n) is 9.08. The Morgan fingerprint density at radius 2 is 1.17 bits per heavy atom. The molecule has 0 saturated carbocycles. The number of aromatic nitrogens is 2. The quantitative estimate of drug-likeness (QED) is 0.196. The van der Waals surface area contributed by atoms with Crippen molar-refractivity contribution in [3.63, 3.8) is 0 Å². The van der Waals surface area contributed by atoms with Gasteiger partial charge in [0.05, 0.1) is 33.5 Å². The van der Waals surface area contributed by atoms with Crippen LogP contribution in [0.4, 0.5) is 5.69 Å². The van der Waals surface area contributed by atoms with Crippen molar-refractivity contribution in [3.8, 4) is 27.9 Å². The molecule has 0 amide bonds. The fraction of sp³-hybridized carbons (Fsp3) is 0.0208. The van der Waals surface area contributed by atoms with Gasteiger partial charge in [-0.05, 0) is 58.3 Å². The van der Waals surface area contributed by atoms with E-state index in [4.69, 9.17) is 4.99 Å². The van der Waals surface area contributed by atoms with Gasteiger partial charge in [0.15, 0.2) is 0 Å². The lowest BCUT2D eigenvalue weighted by Gasteiger charge is -2.28. The molecule has 0 fully saturated rings. The Labute approximate surface area is 299 Å². The molecule has 10 aromatic rings. The molecule has 0 saturated heterocycles. The van der Waals surface area contributed by atoms with Gasteiger partial charge < -0.3 is 14.5 Å². The van der Waals surface area contributed by atoms with Gasteiger partial charge in [-0.15, -0.1) is 0 Å². The van der Waals surface area contributed by atoms with E-state index in [1.165, 1.54) is 71.3 Å². The van der Waals surface area contributed by atoms with Crippen molar-refractivity contribution in [1.82, 2.24) is 9.13 Å². The molecule has 1 atom stereocenters. The summed E-state index contributed by atoms with van der Waals surface area (Å²) in [5.41, 5.74) is 15.2. The molecule has 4 nitrogen and oxygen atoms in total. The number of para-hydroxylation sites is 4. The fourth-order valence-corrected chi connectivity index (χ4v) is 9.08. The second kappa shape index (κ2) is 10.3. The van der Waals surface area contributed by atoms with Gasteiger partial charge in [-0.3, -0.25) is 0 Å². The van der Waals surface area contributed by atoms with Crippen LogP contribution in [0.1, 0.15) is 17.4 Å². The molecule has 0 radical (unpaired) electrons. The highest BCUT2D eigenvalue weighted by atomic mass is 15.3. The number of hydrogen-bond acceptors (Lipinski definition) is 2. The van der Waals surface area contributed by atoms with Crippen LogP contribution in [-0.4, -0.2) is 14.8 Å². The topological polar surface area (TPSA) is 34.2 Å². The minimum atomic E-state index is -0.369. The van der Waals surface area contributed by atoms with E-state index in [0.717, 1.165) is 33.6 Å². The van der Waals surface area contributed by atoms with Crippen molar-refractivity contribution in [2.45, 2.75) is 6.29 Å². The maximum atomic E-state index is 5.55. The molecule has 0 aliphatic carbocycles. The van der Waals surface area contributed by atoms with Crippen molar-refractivity contribution >= 4 is 65.8 Å². The van der Waals surface area contributed by atoms with Crippen LogP contribution in [0, 0.1) is 0 Å². The Kier molecular flexibility index (Phi) is 5.53. The Bertz CT molecular complexity index is 3160. The van der Waals surface area contributed by atoms with Crippen LogP contribution in [0.15, 0.2) is 175 Å². The van der Waals surface area contributed by atoms with E-state index in [1.54, 1.807) is 0 Å². The third-order valence-electron chi connectivity index (χ3n) is 11.3. The number of nitrogens with zero attached hydrogens (tertiary/aromatic N) is 3. The Morgan fingerprint density at radius 3 is 2.10 bits per heavy atom. The van der Waals surface area contributed by atoms with Crippen molar-refractivity contribution in [3.05, 3.63) is 181 Å². The predicted octanol–water partition coefficient (Wildman–Crippen LogP) is 12.1. The van der Waals surface area contributed by atoms with Gasteiger partial charge in [0.2, 0.25) is 6.29 Å². The van der Waals surface area contributed by atoms with Gasteiger partial charge in [0, 0.05) is 49.5 Å². The molecule has 0 bridgehead atoms. The molecule has 4 heteroatoms. The summed E-state index contributed by atoms with van der Waals surface area (Å²) >= 11 is 0. The van der Waals surface area contributed by atoms with Crippen LogP contribution in [0.5, 0.6) is 0 Å². The standard InChI is InChI=1S/C48H30N4/c1-2-14-30(15-3-1)46-36-19-6-9-22-40(36)49-48(50-46)52-43-26-25-29-13-4-5-16-31(29)45(43)39-27-37-35-21-12-20-34-32-17-7-10-23-41(32)51(47(34)35)42-24-11-8-18-33(42)38(37)28-44(39)52/h1-28,48-49H. The zero-order valence-electron chi connectivity index (χ0n) is 28.1. The molecule has 4 heterocycles. The molecule has 12 rings (SSSR count). The van der Waals surface area contributed by atoms with Crippen LogP contribution in [0.2, 0.25) is 0 Å². The van der Waals surface area contributed by atoms with Crippen molar-refractivity contribution in [2.75, 3.05) is 5.32 Å². The van der Waals surface area contributed by atoms with Gasteiger partial charge in [-0.2, -0.15) is 0 Å². The van der Waals surface area contributed by atoms with Crippen molar-refractivity contribution in [1.29, 1.82) is 0 Å². The van der Waals surface area contributed by atoms with Crippen molar-refractivity contribution in [2.24, 2.45) is 4.99 Å². The van der Waals surface area contributed by atoms with E-state index >= 15 is 0 Å². The number of anilines is 1. The molecule has 1 N–H and O–H groups in total. The first-order valence-corrected chi connectivity index (χ1v) is 17.9. The molecule has 0 spiro atoms. The summed E-state index contributed by atoms with van der Waals surface area (Å²) < 4.78 is 4.91. The Balaban J connectivity index is 1.23. The summed E-state index contributed by atoms with van der Waals surface area (Å²) in [7, 11) is 0. The Hall–Kier alpha value is -6.91. The lowest BCUT2D eigenvalue weighted by atomic mass is 9.91. The average Bonchev–Trinajstić information content (AvgIpc) is 3.69. The monoisotopic (exact) mass is 662 g/mol. The summed E-state index contributed by atoms with van der Waals surface area (Å²) in [5, 5.41) is 11.4. The Morgan fingerprint density at radius 1 is 0.462 bits per heavy atom. The summed E-state index contributed by atoms with van der Waals surface area (Å²) in [6.45, 7) is 0. The molecule has 2 aromatic heterocycles. The zero-order valence-corrected chi connectivity index (χ0v) is 28.1. The largest absolute Gasteiger partial charge is 0.346 e. The van der Waals surface area contributed by atoms with E-state index in [9.17, 15) is 0 Å². The minimum Gasteiger partial charge on any atom is -0.346 e. The molecule has 242 valence electrons. The van der Waals surface area contributed by atoms with Gasteiger partial charge >= 0.3 is 0 Å². The maximum absolute atomic E-state index is 5.55. The second-order valence-electron chi connectivity index (χ2n) is 13.9. The third kappa shape index (κ3) is 3.68. The van der Waals surface area contributed by atoms with E-state index < -0.39 is 0 Å². The van der Waals surface area contributed by atoms with E-state index in [0.29, 0.717) is 0 Å².